The zero-order valence-electron chi connectivity index (χ0n) is 14.7. The molecule has 2 aromatic rings. The molecule has 0 radical (unpaired) electrons. The fraction of sp³-hybridized carbons (Fsp3) is 0.412. The molecular weight excluding hydrogens is 324 g/mol. The molecule has 0 saturated carbocycles. The van der Waals surface area contributed by atoms with Gasteiger partial charge < -0.3 is 15.0 Å². The minimum absolute atomic E-state index is 0.0632. The van der Waals surface area contributed by atoms with Gasteiger partial charge in [-0.25, -0.2) is 4.98 Å². The third kappa shape index (κ3) is 5.03. The van der Waals surface area contributed by atoms with Crippen molar-refractivity contribution >= 4 is 11.5 Å². The molecule has 0 spiro atoms. The molecule has 0 bridgehead atoms. The summed E-state index contributed by atoms with van der Waals surface area (Å²) in [5.41, 5.74) is 0.356. The number of ether oxygens (including phenoxy) is 1. The van der Waals surface area contributed by atoms with Gasteiger partial charge in [-0.05, 0) is 25.8 Å². The molecule has 0 saturated heterocycles. The maximum Gasteiger partial charge on any atom is 0.291 e. The number of hydrogen-bond acceptors (Lipinski definition) is 6. The van der Waals surface area contributed by atoms with Gasteiger partial charge in [-0.2, -0.15) is 0 Å². The Hall–Kier alpha value is -2.90. The van der Waals surface area contributed by atoms with Crippen LogP contribution >= 0.6 is 0 Å². The summed E-state index contributed by atoms with van der Waals surface area (Å²) in [5, 5.41) is 14.1. The predicted molar refractivity (Wildman–Crippen MR) is 96.0 cm³/mol. The summed E-state index contributed by atoms with van der Waals surface area (Å²) in [4.78, 5) is 29.6. The van der Waals surface area contributed by atoms with E-state index in [1.165, 1.54) is 18.3 Å². The molecule has 2 rings (SSSR count). The molecule has 8 heteroatoms. The third-order valence-corrected chi connectivity index (χ3v) is 3.21. The normalized spacial score (nSPS) is 11.0. The molecule has 0 atom stereocenters. The van der Waals surface area contributed by atoms with Gasteiger partial charge in [0.25, 0.3) is 11.2 Å². The monoisotopic (exact) mass is 346 g/mol. The second-order valence-corrected chi connectivity index (χ2v) is 6.45. The van der Waals surface area contributed by atoms with E-state index in [2.05, 4.69) is 15.3 Å². The van der Waals surface area contributed by atoms with E-state index in [0.717, 1.165) is 0 Å². The highest BCUT2D eigenvalue weighted by molar-refractivity contribution is 5.65. The first-order valence-corrected chi connectivity index (χ1v) is 8.04. The summed E-state index contributed by atoms with van der Waals surface area (Å²) in [6, 6.07) is 4.46. The van der Waals surface area contributed by atoms with Crippen LogP contribution in [0.3, 0.4) is 0 Å². The molecule has 1 aromatic heterocycles. The smallest absolute Gasteiger partial charge is 0.291 e. The van der Waals surface area contributed by atoms with Crippen molar-refractivity contribution in [2.75, 3.05) is 11.9 Å². The Kier molecular flexibility index (Phi) is 5.74. The van der Waals surface area contributed by atoms with Gasteiger partial charge in [0, 0.05) is 17.7 Å². The lowest BCUT2D eigenvalue weighted by Gasteiger charge is -2.11. The Morgan fingerprint density at radius 3 is 2.56 bits per heavy atom. The van der Waals surface area contributed by atoms with Gasteiger partial charge >= 0.3 is 0 Å². The first-order valence-electron chi connectivity index (χ1n) is 8.04. The molecular formula is C17H22N4O4. The minimum atomic E-state index is -0.494. The molecule has 1 aromatic carbocycles. The van der Waals surface area contributed by atoms with Crippen LogP contribution in [-0.4, -0.2) is 27.5 Å². The van der Waals surface area contributed by atoms with Crippen LogP contribution in [0.1, 0.15) is 27.7 Å². The first-order chi connectivity index (χ1) is 11.8. The van der Waals surface area contributed by atoms with Gasteiger partial charge in [-0.15, -0.1) is 0 Å². The fourth-order valence-corrected chi connectivity index (χ4v) is 2.11. The molecule has 134 valence electrons. The van der Waals surface area contributed by atoms with Crippen molar-refractivity contribution in [2.45, 2.75) is 33.7 Å². The highest BCUT2D eigenvalue weighted by Crippen LogP contribution is 2.28. The molecule has 0 unspecified atom stereocenters. The van der Waals surface area contributed by atoms with Crippen LogP contribution in [0.2, 0.25) is 0 Å². The molecule has 8 nitrogen and oxygen atoms in total. The summed E-state index contributed by atoms with van der Waals surface area (Å²) in [6.45, 7) is 8.20. The van der Waals surface area contributed by atoms with Crippen molar-refractivity contribution in [3.8, 4) is 17.0 Å². The topological polar surface area (TPSA) is 110 Å². The number of hydrogen-bond donors (Lipinski definition) is 2. The highest BCUT2D eigenvalue weighted by atomic mass is 16.6. The number of nitrogens with zero attached hydrogens (tertiary/aromatic N) is 2. The predicted octanol–water partition coefficient (Wildman–Crippen LogP) is 3.20. The number of aromatic amines is 1. The van der Waals surface area contributed by atoms with Crippen LogP contribution in [0.25, 0.3) is 11.3 Å². The van der Waals surface area contributed by atoms with Gasteiger partial charge in [0.1, 0.15) is 5.75 Å². The number of nitro benzene ring substituents is 1. The van der Waals surface area contributed by atoms with Crippen LogP contribution in [-0.2, 0) is 0 Å². The lowest BCUT2D eigenvalue weighted by atomic mass is 10.1. The Morgan fingerprint density at radius 1 is 1.28 bits per heavy atom. The van der Waals surface area contributed by atoms with Crippen molar-refractivity contribution in [3.63, 3.8) is 0 Å². The lowest BCUT2D eigenvalue weighted by Crippen LogP contribution is -2.21. The largest absolute Gasteiger partial charge is 0.493 e. The van der Waals surface area contributed by atoms with E-state index in [4.69, 9.17) is 4.74 Å². The van der Waals surface area contributed by atoms with Gasteiger partial charge in [-0.1, -0.05) is 13.8 Å². The molecule has 0 aliphatic heterocycles. The van der Waals surface area contributed by atoms with Crippen LogP contribution in [0, 0.1) is 16.0 Å². The Morgan fingerprint density at radius 2 is 2.00 bits per heavy atom. The Labute approximate surface area is 145 Å². The zero-order valence-corrected chi connectivity index (χ0v) is 14.7. The lowest BCUT2D eigenvalue weighted by molar-refractivity contribution is -0.384. The molecule has 25 heavy (non-hydrogen) atoms. The van der Waals surface area contributed by atoms with Crippen molar-refractivity contribution in [2.24, 2.45) is 5.92 Å². The molecule has 0 aliphatic rings. The average Bonchev–Trinajstić information content (AvgIpc) is 2.54. The number of rotatable bonds is 7. The fourth-order valence-electron chi connectivity index (χ4n) is 2.11. The maximum atomic E-state index is 12.1. The van der Waals surface area contributed by atoms with E-state index in [-0.39, 0.29) is 29.0 Å². The maximum absolute atomic E-state index is 12.1. The first kappa shape index (κ1) is 18.4. The summed E-state index contributed by atoms with van der Waals surface area (Å²) in [5.74, 6) is 0.870. The number of non-ortho nitro benzene ring substituents is 1. The van der Waals surface area contributed by atoms with Gasteiger partial charge in [0.15, 0.2) is 5.82 Å². The summed E-state index contributed by atoms with van der Waals surface area (Å²) < 4.78 is 5.60. The Bertz CT molecular complexity index is 815. The molecule has 0 fully saturated rings. The van der Waals surface area contributed by atoms with Crippen molar-refractivity contribution in [3.05, 3.63) is 44.9 Å². The second-order valence-electron chi connectivity index (χ2n) is 6.45. The Balaban J connectivity index is 2.41. The summed E-state index contributed by atoms with van der Waals surface area (Å²) >= 11 is 0. The quantitative estimate of drug-likeness (QED) is 0.588. The van der Waals surface area contributed by atoms with Crippen LogP contribution in [0.4, 0.5) is 11.5 Å². The van der Waals surface area contributed by atoms with E-state index in [1.807, 2.05) is 27.7 Å². The number of nitro groups is 1. The number of benzene rings is 1. The molecule has 0 amide bonds. The molecule has 1 heterocycles. The summed E-state index contributed by atoms with van der Waals surface area (Å²) in [6.07, 6.45) is 1.47. The van der Waals surface area contributed by atoms with Gasteiger partial charge in [0.05, 0.1) is 29.5 Å². The van der Waals surface area contributed by atoms with E-state index in [9.17, 15) is 14.9 Å². The number of anilines is 1. The minimum Gasteiger partial charge on any atom is -0.493 e. The van der Waals surface area contributed by atoms with Crippen LogP contribution in [0.15, 0.2) is 29.2 Å². The van der Waals surface area contributed by atoms with E-state index >= 15 is 0 Å². The molecule has 2 N–H and O–H groups in total. The van der Waals surface area contributed by atoms with Gasteiger partial charge in [0.2, 0.25) is 0 Å². The van der Waals surface area contributed by atoms with E-state index < -0.39 is 4.92 Å². The highest BCUT2D eigenvalue weighted by Gasteiger charge is 2.14. The van der Waals surface area contributed by atoms with E-state index in [0.29, 0.717) is 23.6 Å². The SMILES string of the molecule is CC(C)COc1cc(-c2cnc(NC(C)C)c(=O)[nH]2)cc([N+](=O)[O-])c1. The average molecular weight is 346 g/mol. The number of aromatic nitrogens is 2. The van der Waals surface area contributed by atoms with Crippen molar-refractivity contribution in [1.82, 2.24) is 9.97 Å². The zero-order chi connectivity index (χ0) is 18.6. The molecule has 0 aliphatic carbocycles. The second kappa shape index (κ2) is 7.78. The van der Waals surface area contributed by atoms with E-state index in [1.54, 1.807) is 6.07 Å². The number of nitrogens with one attached hydrogen (secondary N) is 2. The third-order valence-electron chi connectivity index (χ3n) is 3.21. The number of H-pyrrole nitrogens is 1. The summed E-state index contributed by atoms with van der Waals surface area (Å²) in [7, 11) is 0. The standard InChI is InChI=1S/C17H22N4O4/c1-10(2)9-25-14-6-12(5-13(7-14)21(23)24)15-8-18-16(17(22)20-15)19-11(3)4/h5-8,10-11H,9H2,1-4H3,(H,18,19)(H,20,22). The van der Waals surface area contributed by atoms with Crippen molar-refractivity contribution < 1.29 is 9.66 Å². The van der Waals surface area contributed by atoms with Crippen LogP contribution < -0.4 is 15.6 Å². The van der Waals surface area contributed by atoms with Crippen LogP contribution in [0.5, 0.6) is 5.75 Å². The van der Waals surface area contributed by atoms with Gasteiger partial charge in [-0.3, -0.25) is 14.9 Å². The van der Waals surface area contributed by atoms with Crippen molar-refractivity contribution in [1.29, 1.82) is 0 Å².